The second kappa shape index (κ2) is 7.12. The summed E-state index contributed by atoms with van der Waals surface area (Å²) < 4.78 is 88.5. The molecule has 158 valence electrons. The summed E-state index contributed by atoms with van der Waals surface area (Å²) in [7, 11) is 0. The van der Waals surface area contributed by atoms with Crippen molar-refractivity contribution >= 4 is 29.2 Å². The first-order chi connectivity index (χ1) is 13.3. The molecule has 2 aromatic rings. The molecule has 0 bridgehead atoms. The van der Waals surface area contributed by atoms with Crippen molar-refractivity contribution in [3.8, 4) is 0 Å². The average Bonchev–Trinajstić information content (AvgIpc) is 2.94. The van der Waals surface area contributed by atoms with Gasteiger partial charge in [0.25, 0.3) is 0 Å². The largest absolute Gasteiger partial charge is 0.469 e. The molecule has 11 heteroatoms. The van der Waals surface area contributed by atoms with Crippen molar-refractivity contribution in [1.82, 2.24) is 0 Å². The van der Waals surface area contributed by atoms with Gasteiger partial charge in [-0.15, -0.1) is 23.2 Å². The predicted octanol–water partition coefficient (Wildman–Crippen LogP) is 5.62. The van der Waals surface area contributed by atoms with Gasteiger partial charge in [0.05, 0.1) is 6.26 Å². The first-order valence-electron chi connectivity index (χ1n) is 8.10. The van der Waals surface area contributed by atoms with E-state index in [0.29, 0.717) is 12.2 Å². The minimum atomic E-state index is -5.58. The number of esters is 1. The van der Waals surface area contributed by atoms with Gasteiger partial charge in [-0.1, -0.05) is 30.3 Å². The molecule has 1 fully saturated rings. The number of carbonyl (C=O) groups excluding carboxylic acids is 1. The van der Waals surface area contributed by atoms with Crippen molar-refractivity contribution in [3.63, 3.8) is 0 Å². The summed E-state index contributed by atoms with van der Waals surface area (Å²) in [6.07, 6.45) is -9.56. The van der Waals surface area contributed by atoms with Gasteiger partial charge in [-0.3, -0.25) is 4.79 Å². The Balaban J connectivity index is 1.68. The molecule has 0 amide bonds. The van der Waals surface area contributed by atoms with Crippen molar-refractivity contribution in [3.05, 3.63) is 59.5 Å². The summed E-state index contributed by atoms with van der Waals surface area (Å²) in [5.41, 5.74) is 1.17. The van der Waals surface area contributed by atoms with Crippen LogP contribution in [0, 0.1) is 5.92 Å². The Morgan fingerprint density at radius 1 is 1.00 bits per heavy atom. The highest BCUT2D eigenvalue weighted by molar-refractivity contribution is 6.43. The Morgan fingerprint density at radius 2 is 1.55 bits per heavy atom. The lowest BCUT2D eigenvalue weighted by Crippen LogP contribution is -2.40. The minimum Gasteiger partial charge on any atom is -0.469 e. The van der Waals surface area contributed by atoms with E-state index in [1.807, 2.05) is 30.3 Å². The Labute approximate surface area is 170 Å². The number of alkyl halides is 8. The molecule has 1 saturated carbocycles. The van der Waals surface area contributed by atoms with Crippen LogP contribution in [0.4, 0.5) is 26.3 Å². The first kappa shape index (κ1) is 21.8. The number of halogens is 8. The fourth-order valence-corrected chi connectivity index (χ4v) is 3.99. The third kappa shape index (κ3) is 3.59. The van der Waals surface area contributed by atoms with Crippen molar-refractivity contribution < 1.29 is 40.3 Å². The molecule has 29 heavy (non-hydrogen) atoms. The summed E-state index contributed by atoms with van der Waals surface area (Å²) in [6.45, 7) is -0.594. The van der Waals surface area contributed by atoms with E-state index in [4.69, 9.17) is 27.6 Å². The van der Waals surface area contributed by atoms with Gasteiger partial charge in [-0.25, -0.2) is 0 Å². The first-order valence-corrected chi connectivity index (χ1v) is 8.86. The summed E-state index contributed by atoms with van der Waals surface area (Å²) in [5, 5.41) is 0. The Kier molecular flexibility index (Phi) is 5.36. The monoisotopic (exact) mass is 460 g/mol. The Hall–Kier alpha value is -1.87. The number of ether oxygens (including phenoxy) is 1. The van der Waals surface area contributed by atoms with Gasteiger partial charge in [-0.2, -0.15) is 26.3 Å². The van der Waals surface area contributed by atoms with Gasteiger partial charge in [0.15, 0.2) is 9.75 Å². The molecule has 1 aliphatic carbocycles. The van der Waals surface area contributed by atoms with Crippen LogP contribution in [-0.2, 0) is 22.6 Å². The highest BCUT2D eigenvalue weighted by atomic mass is 35.5. The fraction of sp³-hybridized carbons (Fsp3) is 0.389. The van der Waals surface area contributed by atoms with Crippen molar-refractivity contribution in [2.75, 3.05) is 0 Å². The topological polar surface area (TPSA) is 39.4 Å². The van der Waals surface area contributed by atoms with Gasteiger partial charge in [-0.05, 0) is 11.6 Å². The van der Waals surface area contributed by atoms with E-state index in [2.05, 4.69) is 4.74 Å². The van der Waals surface area contributed by atoms with Crippen molar-refractivity contribution in [2.24, 2.45) is 5.92 Å². The second-order valence-corrected chi connectivity index (χ2v) is 7.74. The number of hydrogen-bond donors (Lipinski definition) is 0. The van der Waals surface area contributed by atoms with Gasteiger partial charge in [0.2, 0.25) is 0 Å². The summed E-state index contributed by atoms with van der Waals surface area (Å²) in [4.78, 5) is 3.99. The van der Waals surface area contributed by atoms with Crippen molar-refractivity contribution in [1.29, 1.82) is 0 Å². The van der Waals surface area contributed by atoms with Crippen LogP contribution in [0.1, 0.15) is 16.9 Å². The maximum absolute atomic E-state index is 13.1. The number of furan rings is 1. The van der Waals surface area contributed by atoms with Crippen LogP contribution in [-0.4, -0.2) is 28.1 Å². The maximum atomic E-state index is 13.1. The molecule has 3 nitrogen and oxygen atoms in total. The molecule has 0 radical (unpaired) electrons. The van der Waals surface area contributed by atoms with E-state index < -0.39 is 40.6 Å². The molecule has 0 saturated heterocycles. The zero-order valence-corrected chi connectivity index (χ0v) is 15.8. The van der Waals surface area contributed by atoms with Crippen LogP contribution in [0.5, 0.6) is 0 Å². The van der Waals surface area contributed by atoms with Crippen molar-refractivity contribution in [2.45, 2.75) is 35.1 Å². The molecule has 1 aliphatic rings. The normalized spacial score (nSPS) is 27.0. The highest BCUT2D eigenvalue weighted by Gasteiger charge is 2.98. The lowest BCUT2D eigenvalue weighted by atomic mass is 10.1. The molecule has 3 rings (SSSR count). The van der Waals surface area contributed by atoms with E-state index in [1.165, 1.54) is 12.3 Å². The molecular formula is C18H12Cl2F6O3. The lowest BCUT2D eigenvalue weighted by molar-refractivity contribution is -0.176. The smallest absolute Gasteiger partial charge is 0.410 e. The van der Waals surface area contributed by atoms with E-state index in [-0.39, 0.29) is 5.56 Å². The van der Waals surface area contributed by atoms with Gasteiger partial charge in [0, 0.05) is 12.0 Å². The van der Waals surface area contributed by atoms with Crippen LogP contribution in [0.3, 0.4) is 0 Å². The SMILES string of the molecule is O=C(OCc1coc(Cc2ccccc2)c1)C1C(Cl)(C(F)(F)F)C1(Cl)C(F)(F)F. The molecule has 0 N–H and O–H groups in total. The molecule has 1 heterocycles. The summed E-state index contributed by atoms with van der Waals surface area (Å²) >= 11 is 10.3. The van der Waals surface area contributed by atoms with Gasteiger partial charge >= 0.3 is 18.3 Å². The number of rotatable bonds is 5. The molecule has 0 spiro atoms. The predicted molar refractivity (Wildman–Crippen MR) is 90.5 cm³/mol. The van der Waals surface area contributed by atoms with E-state index >= 15 is 0 Å². The number of benzene rings is 1. The van der Waals surface area contributed by atoms with Gasteiger partial charge in [0.1, 0.15) is 18.3 Å². The minimum absolute atomic E-state index is 0.254. The van der Waals surface area contributed by atoms with Crippen LogP contribution in [0.25, 0.3) is 0 Å². The lowest BCUT2D eigenvalue weighted by Gasteiger charge is -2.19. The van der Waals surface area contributed by atoms with Crippen LogP contribution < -0.4 is 0 Å². The van der Waals surface area contributed by atoms with Crippen LogP contribution in [0.15, 0.2) is 47.1 Å². The Bertz CT molecular complexity index is 869. The zero-order chi connectivity index (χ0) is 21.7. The second-order valence-electron chi connectivity index (χ2n) is 6.54. The van der Waals surface area contributed by atoms with E-state index in [1.54, 1.807) is 0 Å². The summed E-state index contributed by atoms with van der Waals surface area (Å²) in [6, 6.07) is 10.6. The zero-order valence-electron chi connectivity index (χ0n) is 14.3. The number of hydrogen-bond acceptors (Lipinski definition) is 3. The molecule has 1 aromatic heterocycles. The standard InChI is InChI=1S/C18H12Cl2F6O3/c19-15(17(21,22)23)13(16(15,20)18(24,25)26)14(27)29-9-11-7-12(28-8-11)6-10-4-2-1-3-5-10/h1-5,7-8,13H,6,9H2. The molecule has 0 aliphatic heterocycles. The molecule has 1 aromatic carbocycles. The molecular weight excluding hydrogens is 449 g/mol. The average molecular weight is 461 g/mol. The van der Waals surface area contributed by atoms with Gasteiger partial charge < -0.3 is 9.15 Å². The Morgan fingerprint density at radius 3 is 2.07 bits per heavy atom. The van der Waals surface area contributed by atoms with E-state index in [0.717, 1.165) is 5.56 Å². The third-order valence-electron chi connectivity index (χ3n) is 4.61. The number of carbonyl (C=O) groups is 1. The quantitative estimate of drug-likeness (QED) is 0.330. The third-order valence-corrected chi connectivity index (χ3v) is 6.17. The van der Waals surface area contributed by atoms with Crippen LogP contribution >= 0.6 is 23.2 Å². The highest BCUT2D eigenvalue weighted by Crippen LogP contribution is 2.75. The fourth-order valence-electron chi connectivity index (χ4n) is 3.10. The molecule has 2 unspecified atom stereocenters. The summed E-state index contributed by atoms with van der Waals surface area (Å²) in [5.74, 6) is -4.15. The van der Waals surface area contributed by atoms with E-state index in [9.17, 15) is 31.1 Å². The van der Waals surface area contributed by atoms with Crippen LogP contribution in [0.2, 0.25) is 0 Å². The molecule has 2 atom stereocenters. The maximum Gasteiger partial charge on any atom is 0.410 e.